The third-order valence-corrected chi connectivity index (χ3v) is 3.97. The summed E-state index contributed by atoms with van der Waals surface area (Å²) < 4.78 is 20.9. The quantitative estimate of drug-likeness (QED) is 0.546. The molecular weight excluding hydrogens is 337 g/mol. The fourth-order valence-corrected chi connectivity index (χ4v) is 2.75. The molecule has 1 heterocycles. The van der Waals surface area contributed by atoms with E-state index < -0.39 is 6.10 Å². The van der Waals surface area contributed by atoms with Crippen molar-refractivity contribution in [1.82, 2.24) is 9.55 Å². The van der Waals surface area contributed by atoms with Gasteiger partial charge in [0.15, 0.2) is 0 Å². The summed E-state index contributed by atoms with van der Waals surface area (Å²) in [5.74, 6) is 0.256. The van der Waals surface area contributed by atoms with Crippen LogP contribution in [0.5, 0.6) is 0 Å². The van der Waals surface area contributed by atoms with Crippen LogP contribution in [0.3, 0.4) is 0 Å². The van der Waals surface area contributed by atoms with E-state index in [1.54, 1.807) is 18.2 Å². The van der Waals surface area contributed by atoms with Crippen molar-refractivity contribution in [2.24, 2.45) is 0 Å². The fourth-order valence-electron chi connectivity index (χ4n) is 2.75. The van der Waals surface area contributed by atoms with Crippen molar-refractivity contribution in [2.45, 2.75) is 19.3 Å². The standard InChI is InChI=1S/C19H22FN3O3/c20-16-6-2-1-5-14(16)12-26-13-15(25)11-23-18-8-4-3-7-17(18)22-19(23)21-9-10-24/h1-8,15,24-25H,9-13H2,(H,21,22). The van der Waals surface area contributed by atoms with Crippen molar-refractivity contribution >= 4 is 17.0 Å². The lowest BCUT2D eigenvalue weighted by molar-refractivity contribution is 0.0202. The summed E-state index contributed by atoms with van der Waals surface area (Å²) in [6.45, 7) is 0.788. The van der Waals surface area contributed by atoms with Gasteiger partial charge in [-0.05, 0) is 18.2 Å². The Morgan fingerprint density at radius 3 is 2.73 bits per heavy atom. The summed E-state index contributed by atoms with van der Waals surface area (Å²) in [6, 6.07) is 14.0. The van der Waals surface area contributed by atoms with E-state index >= 15 is 0 Å². The van der Waals surface area contributed by atoms with E-state index in [2.05, 4.69) is 10.3 Å². The zero-order valence-corrected chi connectivity index (χ0v) is 14.3. The number of imidazole rings is 1. The minimum atomic E-state index is -0.783. The van der Waals surface area contributed by atoms with Gasteiger partial charge in [-0.1, -0.05) is 30.3 Å². The molecule has 0 radical (unpaired) electrons. The third-order valence-electron chi connectivity index (χ3n) is 3.97. The molecule has 0 aliphatic carbocycles. The summed E-state index contributed by atoms with van der Waals surface area (Å²) in [7, 11) is 0. The third kappa shape index (κ3) is 4.37. The predicted molar refractivity (Wildman–Crippen MR) is 97.4 cm³/mol. The van der Waals surface area contributed by atoms with E-state index in [1.165, 1.54) is 6.07 Å². The Morgan fingerprint density at radius 1 is 1.15 bits per heavy atom. The molecule has 0 aliphatic rings. The molecule has 3 aromatic rings. The monoisotopic (exact) mass is 359 g/mol. The van der Waals surface area contributed by atoms with E-state index in [1.807, 2.05) is 28.8 Å². The Morgan fingerprint density at radius 2 is 1.92 bits per heavy atom. The number of aromatic nitrogens is 2. The maximum Gasteiger partial charge on any atom is 0.204 e. The molecule has 0 aliphatic heterocycles. The molecule has 138 valence electrons. The van der Waals surface area contributed by atoms with Crippen molar-refractivity contribution in [3.63, 3.8) is 0 Å². The second kappa shape index (κ2) is 8.75. The number of hydrogen-bond donors (Lipinski definition) is 3. The van der Waals surface area contributed by atoms with E-state index in [0.717, 1.165) is 11.0 Å². The summed E-state index contributed by atoms with van der Waals surface area (Å²) in [5, 5.41) is 22.4. The maximum atomic E-state index is 13.6. The van der Waals surface area contributed by atoms with Crippen LogP contribution in [0, 0.1) is 5.82 Å². The molecule has 3 N–H and O–H groups in total. The van der Waals surface area contributed by atoms with Gasteiger partial charge in [-0.3, -0.25) is 0 Å². The van der Waals surface area contributed by atoms with Crippen LogP contribution in [0.25, 0.3) is 11.0 Å². The van der Waals surface area contributed by atoms with Crippen molar-refractivity contribution in [3.8, 4) is 0 Å². The molecule has 7 heteroatoms. The Labute approximate surface area is 150 Å². The van der Waals surface area contributed by atoms with Crippen molar-refractivity contribution in [3.05, 3.63) is 59.9 Å². The molecule has 0 fully saturated rings. The summed E-state index contributed by atoms with van der Waals surface area (Å²) in [4.78, 5) is 4.48. The molecular formula is C19H22FN3O3. The number of nitrogens with one attached hydrogen (secondary N) is 1. The van der Waals surface area contributed by atoms with Crippen LogP contribution in [0.4, 0.5) is 10.3 Å². The lowest BCUT2D eigenvalue weighted by Crippen LogP contribution is -2.23. The second-order valence-corrected chi connectivity index (χ2v) is 5.95. The minimum Gasteiger partial charge on any atom is -0.395 e. The number of aliphatic hydroxyl groups is 2. The smallest absolute Gasteiger partial charge is 0.204 e. The lowest BCUT2D eigenvalue weighted by atomic mass is 10.2. The molecule has 6 nitrogen and oxygen atoms in total. The average Bonchev–Trinajstić information content (AvgIpc) is 2.99. The van der Waals surface area contributed by atoms with Crippen molar-refractivity contribution < 1.29 is 19.3 Å². The van der Waals surface area contributed by atoms with Crippen LogP contribution >= 0.6 is 0 Å². The van der Waals surface area contributed by atoms with Gasteiger partial charge < -0.3 is 24.8 Å². The topological polar surface area (TPSA) is 79.5 Å². The SMILES string of the molecule is OCCNc1nc2ccccc2n1CC(O)COCc1ccccc1F. The summed E-state index contributed by atoms with van der Waals surface area (Å²) in [6.07, 6.45) is -0.783. The van der Waals surface area contributed by atoms with Crippen molar-refractivity contribution in [2.75, 3.05) is 25.1 Å². The molecule has 2 aromatic carbocycles. The normalized spacial score (nSPS) is 12.4. The molecule has 0 spiro atoms. The Bertz CT molecular complexity index is 853. The molecule has 1 unspecified atom stereocenters. The van der Waals surface area contributed by atoms with Crippen LogP contribution in [0.15, 0.2) is 48.5 Å². The number of halogens is 1. The van der Waals surface area contributed by atoms with Gasteiger partial charge in [0, 0.05) is 12.1 Å². The molecule has 0 amide bonds. The zero-order chi connectivity index (χ0) is 18.4. The molecule has 0 saturated heterocycles. The maximum absolute atomic E-state index is 13.6. The number of ether oxygens (including phenoxy) is 1. The van der Waals surface area contributed by atoms with Crippen LogP contribution in [0.1, 0.15) is 5.56 Å². The first-order valence-electron chi connectivity index (χ1n) is 8.48. The van der Waals surface area contributed by atoms with Gasteiger partial charge in [0.25, 0.3) is 0 Å². The summed E-state index contributed by atoms with van der Waals surface area (Å²) in [5.41, 5.74) is 2.13. The van der Waals surface area contributed by atoms with Gasteiger partial charge in [0.2, 0.25) is 5.95 Å². The number of benzene rings is 2. The largest absolute Gasteiger partial charge is 0.395 e. The first kappa shape index (κ1) is 18.3. The molecule has 1 aromatic heterocycles. The Hall–Kier alpha value is -2.48. The zero-order valence-electron chi connectivity index (χ0n) is 14.3. The predicted octanol–water partition coefficient (Wildman–Crippen LogP) is 2.16. The minimum absolute atomic E-state index is 0.0164. The second-order valence-electron chi connectivity index (χ2n) is 5.95. The highest BCUT2D eigenvalue weighted by Gasteiger charge is 2.14. The van der Waals surface area contributed by atoms with Gasteiger partial charge in [-0.2, -0.15) is 0 Å². The van der Waals surface area contributed by atoms with E-state index in [4.69, 9.17) is 9.84 Å². The van der Waals surface area contributed by atoms with Crippen molar-refractivity contribution in [1.29, 1.82) is 0 Å². The highest BCUT2D eigenvalue weighted by Crippen LogP contribution is 2.20. The molecule has 0 saturated carbocycles. The van der Waals surface area contributed by atoms with Gasteiger partial charge in [-0.25, -0.2) is 9.37 Å². The van der Waals surface area contributed by atoms with Crippen LogP contribution in [-0.4, -0.2) is 45.6 Å². The highest BCUT2D eigenvalue weighted by atomic mass is 19.1. The average molecular weight is 359 g/mol. The molecule has 26 heavy (non-hydrogen) atoms. The number of rotatable bonds is 9. The first-order valence-corrected chi connectivity index (χ1v) is 8.48. The number of hydrogen-bond acceptors (Lipinski definition) is 5. The summed E-state index contributed by atoms with van der Waals surface area (Å²) >= 11 is 0. The molecule has 3 rings (SSSR count). The van der Waals surface area contributed by atoms with Gasteiger partial charge in [0.1, 0.15) is 5.82 Å². The number of aliphatic hydroxyl groups excluding tert-OH is 2. The van der Waals surface area contributed by atoms with Gasteiger partial charge >= 0.3 is 0 Å². The molecule has 0 bridgehead atoms. The molecule has 1 atom stereocenters. The number of nitrogens with zero attached hydrogens (tertiary/aromatic N) is 2. The van der Waals surface area contributed by atoms with Crippen LogP contribution in [-0.2, 0) is 17.9 Å². The van der Waals surface area contributed by atoms with Gasteiger partial charge in [-0.15, -0.1) is 0 Å². The van der Waals surface area contributed by atoms with Gasteiger partial charge in [0.05, 0.1) is 43.5 Å². The van der Waals surface area contributed by atoms with Crippen LogP contribution in [0.2, 0.25) is 0 Å². The number of fused-ring (bicyclic) bond motifs is 1. The van der Waals surface area contributed by atoms with E-state index in [-0.39, 0.29) is 32.2 Å². The lowest BCUT2D eigenvalue weighted by Gasteiger charge is -2.15. The van der Waals surface area contributed by atoms with Crippen LogP contribution < -0.4 is 5.32 Å². The Kier molecular flexibility index (Phi) is 6.17. The van der Waals surface area contributed by atoms with E-state index in [0.29, 0.717) is 18.1 Å². The fraction of sp³-hybridized carbons (Fsp3) is 0.316. The number of para-hydroxylation sites is 2. The Balaban J connectivity index is 1.64. The first-order chi connectivity index (χ1) is 12.7. The van der Waals surface area contributed by atoms with E-state index in [9.17, 15) is 9.50 Å². The highest BCUT2D eigenvalue weighted by molar-refractivity contribution is 5.78. The number of anilines is 1.